The molecule has 1 amide bonds. The Morgan fingerprint density at radius 2 is 2.12 bits per heavy atom. The van der Waals surface area contributed by atoms with Crippen LogP contribution in [-0.4, -0.2) is 40.2 Å². The first kappa shape index (κ1) is 17.6. The molecule has 0 radical (unpaired) electrons. The predicted octanol–water partition coefficient (Wildman–Crippen LogP) is 2.01. The van der Waals surface area contributed by atoms with Crippen LogP contribution in [0.4, 0.5) is 0 Å². The van der Waals surface area contributed by atoms with Gasteiger partial charge in [-0.2, -0.15) is 5.10 Å². The molecule has 2 aliphatic rings. The summed E-state index contributed by atoms with van der Waals surface area (Å²) in [4.78, 5) is 22.2. The molecule has 1 aromatic carbocycles. The second-order valence-corrected chi connectivity index (χ2v) is 7.23. The van der Waals surface area contributed by atoms with Crippen molar-refractivity contribution in [2.75, 3.05) is 6.61 Å². The summed E-state index contributed by atoms with van der Waals surface area (Å²) < 4.78 is 5.64. The van der Waals surface area contributed by atoms with Gasteiger partial charge in [0, 0.05) is 6.61 Å². The molecule has 0 spiro atoms. The summed E-state index contributed by atoms with van der Waals surface area (Å²) in [6, 6.07) is 7.81. The number of carbonyl (C=O) groups excluding carboxylic acids is 1. The molecule has 132 valence electrons. The molecule has 1 aliphatic carbocycles. The van der Waals surface area contributed by atoms with E-state index in [1.54, 1.807) is 6.21 Å². The third kappa shape index (κ3) is 5.68. The lowest BCUT2D eigenvalue weighted by atomic mass is 10.1. The van der Waals surface area contributed by atoms with Gasteiger partial charge in [-0.1, -0.05) is 36.0 Å². The topological polar surface area (TPSA) is 100 Å². The molecule has 7 nitrogen and oxygen atoms in total. The summed E-state index contributed by atoms with van der Waals surface area (Å²) in [5.41, 5.74) is 1.99. The number of hydrogen-bond donors (Lipinski definition) is 2. The molecule has 1 atom stereocenters. The van der Waals surface area contributed by atoms with E-state index in [1.165, 1.54) is 12.8 Å². The highest BCUT2D eigenvalue weighted by Crippen LogP contribution is 2.29. The zero-order valence-electron chi connectivity index (χ0n) is 13.6. The van der Waals surface area contributed by atoms with Gasteiger partial charge in [-0.25, -0.2) is 0 Å². The van der Waals surface area contributed by atoms with Gasteiger partial charge in [-0.3, -0.25) is 9.59 Å². The van der Waals surface area contributed by atoms with Crippen LogP contribution in [0, 0.1) is 5.92 Å². The molecule has 25 heavy (non-hydrogen) atoms. The molecule has 8 heteroatoms. The van der Waals surface area contributed by atoms with Crippen LogP contribution in [0.1, 0.15) is 30.4 Å². The molecule has 1 aliphatic heterocycles. The number of hydrogen-bond acceptors (Lipinski definition) is 6. The van der Waals surface area contributed by atoms with E-state index in [0.29, 0.717) is 11.8 Å². The van der Waals surface area contributed by atoms with Crippen molar-refractivity contribution in [2.24, 2.45) is 16.1 Å². The number of nitrogens with zero attached hydrogens (tertiary/aromatic N) is 2. The Balaban J connectivity index is 1.48. The Morgan fingerprint density at radius 1 is 1.36 bits per heavy atom. The Hall–Kier alpha value is -2.19. The van der Waals surface area contributed by atoms with Gasteiger partial charge in [0.25, 0.3) is 0 Å². The number of nitrogens with one attached hydrogen (secondary N) is 1. The van der Waals surface area contributed by atoms with Gasteiger partial charge >= 0.3 is 5.97 Å². The van der Waals surface area contributed by atoms with Crippen molar-refractivity contribution >= 4 is 35.0 Å². The molecule has 2 fully saturated rings. The lowest BCUT2D eigenvalue weighted by Crippen LogP contribution is -2.26. The van der Waals surface area contributed by atoms with Crippen molar-refractivity contribution in [1.82, 2.24) is 5.32 Å². The lowest BCUT2D eigenvalue weighted by molar-refractivity contribution is -0.138. The first-order valence-corrected chi connectivity index (χ1v) is 8.95. The minimum absolute atomic E-state index is 0.233. The smallest absolute Gasteiger partial charge is 0.305 e. The summed E-state index contributed by atoms with van der Waals surface area (Å²) in [5.74, 6) is -0.606. The average Bonchev–Trinajstić information content (AvgIpc) is 3.33. The minimum atomic E-state index is -1.02. The Labute approximate surface area is 149 Å². The van der Waals surface area contributed by atoms with E-state index in [-0.39, 0.29) is 12.3 Å². The molecular formula is C17H19N3O4S. The number of rotatable bonds is 8. The molecule has 0 bridgehead atoms. The van der Waals surface area contributed by atoms with Crippen molar-refractivity contribution in [1.29, 1.82) is 0 Å². The van der Waals surface area contributed by atoms with E-state index in [2.05, 4.69) is 15.5 Å². The Morgan fingerprint density at radius 3 is 2.80 bits per heavy atom. The fourth-order valence-electron chi connectivity index (χ4n) is 2.22. The van der Waals surface area contributed by atoms with Gasteiger partial charge in [0.05, 0.1) is 19.2 Å². The highest BCUT2D eigenvalue weighted by atomic mass is 32.2. The van der Waals surface area contributed by atoms with E-state index in [1.807, 2.05) is 24.3 Å². The van der Waals surface area contributed by atoms with Gasteiger partial charge in [0.1, 0.15) is 5.25 Å². The Kier molecular flexibility index (Phi) is 5.83. The molecule has 1 saturated carbocycles. The largest absolute Gasteiger partial charge is 0.481 e. The van der Waals surface area contributed by atoms with Gasteiger partial charge in [-0.15, -0.1) is 5.10 Å². The van der Waals surface area contributed by atoms with Gasteiger partial charge in [0.2, 0.25) is 5.91 Å². The van der Waals surface area contributed by atoms with Gasteiger partial charge in [0.15, 0.2) is 5.17 Å². The van der Waals surface area contributed by atoms with E-state index in [0.717, 1.165) is 35.4 Å². The fraction of sp³-hybridized carbons (Fsp3) is 0.412. The van der Waals surface area contributed by atoms with Crippen LogP contribution in [0.5, 0.6) is 0 Å². The highest BCUT2D eigenvalue weighted by molar-refractivity contribution is 8.15. The third-order valence-corrected chi connectivity index (χ3v) is 4.86. The molecule has 2 N–H and O–H groups in total. The summed E-state index contributed by atoms with van der Waals surface area (Å²) in [6.45, 7) is 1.46. The summed E-state index contributed by atoms with van der Waals surface area (Å²) in [6.07, 6.45) is 3.92. The molecule has 3 rings (SSSR count). The van der Waals surface area contributed by atoms with E-state index in [9.17, 15) is 9.59 Å². The van der Waals surface area contributed by atoms with Crippen LogP contribution >= 0.6 is 11.8 Å². The quantitative estimate of drug-likeness (QED) is 0.545. The second-order valence-electron chi connectivity index (χ2n) is 6.04. The first-order chi connectivity index (χ1) is 12.1. The molecule has 1 aromatic rings. The maximum Gasteiger partial charge on any atom is 0.305 e. The number of carboxylic acids is 1. The normalized spacial score (nSPS) is 21.8. The predicted molar refractivity (Wildman–Crippen MR) is 95.6 cm³/mol. The number of thioether (sulfide) groups is 1. The SMILES string of the molecule is O=C(O)CC1SC(=NN=Cc2ccc(COCC3CC3)cc2)NC1=O. The number of carbonyl (C=O) groups is 2. The number of aliphatic carboxylic acids is 1. The fourth-order valence-corrected chi connectivity index (χ4v) is 3.14. The number of amidine groups is 1. The van der Waals surface area contributed by atoms with Crippen LogP contribution in [0.2, 0.25) is 0 Å². The summed E-state index contributed by atoms with van der Waals surface area (Å²) >= 11 is 1.08. The van der Waals surface area contributed by atoms with Crippen LogP contribution in [-0.2, 0) is 20.9 Å². The third-order valence-electron chi connectivity index (χ3n) is 3.79. The van der Waals surface area contributed by atoms with E-state index < -0.39 is 11.2 Å². The van der Waals surface area contributed by atoms with E-state index in [4.69, 9.17) is 9.84 Å². The number of carboxylic acid groups (broad SMARTS) is 1. The molecule has 1 heterocycles. The maximum absolute atomic E-state index is 11.6. The molecule has 1 saturated heterocycles. The maximum atomic E-state index is 11.6. The average molecular weight is 361 g/mol. The van der Waals surface area contributed by atoms with Crippen LogP contribution in [0.3, 0.4) is 0 Å². The minimum Gasteiger partial charge on any atom is -0.481 e. The van der Waals surface area contributed by atoms with E-state index >= 15 is 0 Å². The second kappa shape index (κ2) is 8.26. The van der Waals surface area contributed by atoms with Crippen LogP contribution < -0.4 is 5.32 Å². The summed E-state index contributed by atoms with van der Waals surface area (Å²) in [5, 5.41) is 18.8. The number of ether oxygens (including phenoxy) is 1. The molecule has 1 unspecified atom stereocenters. The monoisotopic (exact) mass is 361 g/mol. The van der Waals surface area contributed by atoms with Gasteiger partial charge in [-0.05, 0) is 29.9 Å². The van der Waals surface area contributed by atoms with Crippen LogP contribution in [0.25, 0.3) is 0 Å². The van der Waals surface area contributed by atoms with Crippen molar-refractivity contribution in [3.05, 3.63) is 35.4 Å². The van der Waals surface area contributed by atoms with Crippen molar-refractivity contribution in [2.45, 2.75) is 31.1 Å². The van der Waals surface area contributed by atoms with Gasteiger partial charge < -0.3 is 15.2 Å². The van der Waals surface area contributed by atoms with Crippen LogP contribution in [0.15, 0.2) is 34.5 Å². The number of amides is 1. The number of benzene rings is 1. The summed E-state index contributed by atoms with van der Waals surface area (Å²) in [7, 11) is 0. The Bertz CT molecular complexity index is 698. The standard InChI is InChI=1S/C17H19N3O4S/c21-15(22)7-14-16(23)19-17(25-14)20-18-8-11-1-3-12(4-2-11)9-24-10-13-5-6-13/h1-4,8,13-14H,5-7,9-10H2,(H,21,22)(H,19,20,23). The van der Waals surface area contributed by atoms with Crippen molar-refractivity contribution < 1.29 is 19.4 Å². The molecular weight excluding hydrogens is 342 g/mol. The molecule has 0 aromatic heterocycles. The zero-order valence-corrected chi connectivity index (χ0v) is 14.4. The lowest BCUT2D eigenvalue weighted by Gasteiger charge is -2.03. The highest BCUT2D eigenvalue weighted by Gasteiger charge is 2.32. The van der Waals surface area contributed by atoms with Crippen molar-refractivity contribution in [3.8, 4) is 0 Å². The first-order valence-electron chi connectivity index (χ1n) is 8.07. The van der Waals surface area contributed by atoms with Crippen molar-refractivity contribution in [3.63, 3.8) is 0 Å². The zero-order chi connectivity index (χ0) is 17.6.